The molecular weight excluding hydrogens is 405 g/mol. The molecule has 7 heteroatoms. The summed E-state index contributed by atoms with van der Waals surface area (Å²) in [4.78, 5) is 8.45. The maximum Gasteiger partial charge on any atom is 0.418 e. The number of benzene rings is 2. The number of allylic oxidation sites excluding steroid dienone is 1. The quantitative estimate of drug-likeness (QED) is 0.503. The molecule has 0 saturated heterocycles. The fraction of sp³-hybridized carbons (Fsp3) is 0.167. The van der Waals surface area contributed by atoms with Gasteiger partial charge in [-0.25, -0.2) is 0 Å². The number of pyridine rings is 1. The van der Waals surface area contributed by atoms with Crippen LogP contribution in [0.2, 0.25) is 0 Å². The van der Waals surface area contributed by atoms with Crippen LogP contribution in [0.1, 0.15) is 28.4 Å². The fourth-order valence-corrected chi connectivity index (χ4v) is 3.32. The van der Waals surface area contributed by atoms with Crippen molar-refractivity contribution in [1.82, 2.24) is 4.98 Å². The molecule has 0 bridgehead atoms. The highest BCUT2D eigenvalue weighted by Gasteiger charge is 2.36. The number of halogens is 3. The second-order valence-corrected chi connectivity index (χ2v) is 6.89. The van der Waals surface area contributed by atoms with Gasteiger partial charge in [0.2, 0.25) is 0 Å². The van der Waals surface area contributed by atoms with Crippen LogP contribution in [0.25, 0.3) is 0 Å². The summed E-state index contributed by atoms with van der Waals surface area (Å²) in [6.07, 6.45) is 0.124. The lowest BCUT2D eigenvalue weighted by molar-refractivity contribution is -0.138. The zero-order valence-corrected chi connectivity index (χ0v) is 16.6. The van der Waals surface area contributed by atoms with Crippen LogP contribution in [0.5, 0.6) is 11.5 Å². The Morgan fingerprint density at radius 3 is 2.55 bits per heavy atom. The number of aromatic nitrogens is 1. The summed E-state index contributed by atoms with van der Waals surface area (Å²) < 4.78 is 51.5. The van der Waals surface area contributed by atoms with Crippen molar-refractivity contribution in [1.29, 1.82) is 0 Å². The molecule has 2 heterocycles. The van der Waals surface area contributed by atoms with Gasteiger partial charge in [-0.2, -0.15) is 13.2 Å². The third kappa shape index (κ3) is 4.60. The van der Waals surface area contributed by atoms with E-state index in [1.165, 1.54) is 12.3 Å². The van der Waals surface area contributed by atoms with Crippen molar-refractivity contribution < 1.29 is 22.6 Å². The topological polar surface area (TPSA) is 43.7 Å². The molecule has 3 aromatic rings. The van der Waals surface area contributed by atoms with Gasteiger partial charge >= 0.3 is 6.18 Å². The number of hydrogen-bond donors (Lipinski definition) is 0. The average molecular weight is 424 g/mol. The number of aliphatic imine (C=N–C) groups is 1. The molecule has 4 rings (SSSR count). The maximum absolute atomic E-state index is 13.4. The molecule has 2 aromatic carbocycles. The average Bonchev–Trinajstić information content (AvgIpc) is 3.28. The minimum absolute atomic E-state index is 0.129. The van der Waals surface area contributed by atoms with E-state index in [4.69, 9.17) is 9.47 Å². The Bertz CT molecular complexity index is 1130. The monoisotopic (exact) mass is 424 g/mol. The molecule has 1 aliphatic heterocycles. The standard InChI is InChI=1S/C24H19F3N2O2/c1-30-17-9-12-22(31-15-16-6-3-2-4-7-16)18(14-17)20-10-11-21(29-20)23-19(24(25,26)27)8-5-13-28-23/h2-14,21H,15H2,1H3. The molecule has 31 heavy (non-hydrogen) atoms. The molecule has 1 atom stereocenters. The Balaban J connectivity index is 1.66. The predicted molar refractivity (Wildman–Crippen MR) is 111 cm³/mol. The van der Waals surface area contributed by atoms with E-state index >= 15 is 0 Å². The molecule has 0 amide bonds. The van der Waals surface area contributed by atoms with Crippen LogP contribution >= 0.6 is 0 Å². The van der Waals surface area contributed by atoms with Gasteiger partial charge in [0.1, 0.15) is 24.1 Å². The van der Waals surface area contributed by atoms with Gasteiger partial charge in [0.25, 0.3) is 0 Å². The lowest BCUT2D eigenvalue weighted by Crippen LogP contribution is -2.12. The molecule has 158 valence electrons. The summed E-state index contributed by atoms with van der Waals surface area (Å²) in [6.45, 7) is 0.346. The smallest absolute Gasteiger partial charge is 0.418 e. The predicted octanol–water partition coefficient (Wildman–Crippen LogP) is 5.79. The number of methoxy groups -OCH3 is 1. The van der Waals surface area contributed by atoms with Crippen LogP contribution < -0.4 is 9.47 Å². The molecular formula is C24H19F3N2O2. The van der Waals surface area contributed by atoms with E-state index < -0.39 is 17.8 Å². The van der Waals surface area contributed by atoms with E-state index in [1.54, 1.807) is 37.5 Å². The zero-order valence-electron chi connectivity index (χ0n) is 16.6. The van der Waals surface area contributed by atoms with Crippen LogP contribution in [0, 0.1) is 0 Å². The largest absolute Gasteiger partial charge is 0.497 e. The molecule has 0 aliphatic carbocycles. The van der Waals surface area contributed by atoms with Crippen molar-refractivity contribution in [3.05, 3.63) is 101 Å². The third-order valence-electron chi connectivity index (χ3n) is 4.84. The minimum Gasteiger partial charge on any atom is -0.497 e. The van der Waals surface area contributed by atoms with Gasteiger partial charge in [-0.15, -0.1) is 0 Å². The van der Waals surface area contributed by atoms with Crippen LogP contribution in [0.3, 0.4) is 0 Å². The van der Waals surface area contributed by atoms with E-state index in [1.807, 2.05) is 30.3 Å². The fourth-order valence-electron chi connectivity index (χ4n) is 3.32. The van der Waals surface area contributed by atoms with Crippen LogP contribution in [0.4, 0.5) is 13.2 Å². The number of hydrogen-bond acceptors (Lipinski definition) is 4. The lowest BCUT2D eigenvalue weighted by atomic mass is 10.1. The van der Waals surface area contributed by atoms with Crippen molar-refractivity contribution in [2.45, 2.75) is 18.8 Å². The summed E-state index contributed by atoms with van der Waals surface area (Å²) in [5, 5.41) is 0. The Kier molecular flexibility index (Phi) is 5.75. The molecule has 1 aromatic heterocycles. The van der Waals surface area contributed by atoms with Crippen molar-refractivity contribution in [2.24, 2.45) is 4.99 Å². The lowest BCUT2D eigenvalue weighted by Gasteiger charge is -2.14. The van der Waals surface area contributed by atoms with Crippen LogP contribution in [-0.4, -0.2) is 17.8 Å². The molecule has 0 radical (unpaired) electrons. The Labute approximate surface area is 177 Å². The SMILES string of the molecule is COc1ccc(OCc2ccccc2)c(C2=NC(c3ncccc3C(F)(F)F)C=C2)c1. The van der Waals surface area contributed by atoms with Gasteiger partial charge in [0.05, 0.1) is 24.1 Å². The highest BCUT2D eigenvalue weighted by molar-refractivity contribution is 6.12. The highest BCUT2D eigenvalue weighted by Crippen LogP contribution is 2.37. The van der Waals surface area contributed by atoms with Gasteiger partial charge in [-0.1, -0.05) is 36.4 Å². The van der Waals surface area contributed by atoms with E-state index in [2.05, 4.69) is 9.98 Å². The van der Waals surface area contributed by atoms with E-state index in [0.717, 1.165) is 11.6 Å². The molecule has 0 spiro atoms. The van der Waals surface area contributed by atoms with Crippen molar-refractivity contribution >= 4 is 5.71 Å². The zero-order chi connectivity index (χ0) is 21.8. The molecule has 1 aliphatic rings. The first-order chi connectivity index (χ1) is 15.0. The number of ether oxygens (including phenoxy) is 2. The number of rotatable bonds is 6. The van der Waals surface area contributed by atoms with Gasteiger partial charge in [-0.3, -0.25) is 9.98 Å². The summed E-state index contributed by atoms with van der Waals surface area (Å²) in [5.74, 6) is 1.15. The highest BCUT2D eigenvalue weighted by atomic mass is 19.4. The van der Waals surface area contributed by atoms with Crippen molar-refractivity contribution in [2.75, 3.05) is 7.11 Å². The summed E-state index contributed by atoms with van der Waals surface area (Å²) in [7, 11) is 1.54. The van der Waals surface area contributed by atoms with Gasteiger partial charge in [-0.05, 0) is 42.0 Å². The van der Waals surface area contributed by atoms with Crippen LogP contribution in [0.15, 0.2) is 84.0 Å². The second kappa shape index (κ2) is 8.63. The molecule has 0 fully saturated rings. The Hall–Kier alpha value is -3.61. The first-order valence-electron chi connectivity index (χ1n) is 9.59. The third-order valence-corrected chi connectivity index (χ3v) is 4.84. The van der Waals surface area contributed by atoms with E-state index in [-0.39, 0.29) is 5.69 Å². The maximum atomic E-state index is 13.4. The summed E-state index contributed by atoms with van der Waals surface area (Å²) in [5.41, 5.74) is 1.22. The molecule has 1 unspecified atom stereocenters. The van der Waals surface area contributed by atoms with Gasteiger partial charge < -0.3 is 9.47 Å². The molecule has 0 saturated carbocycles. The minimum atomic E-state index is -4.50. The van der Waals surface area contributed by atoms with E-state index in [0.29, 0.717) is 29.4 Å². The summed E-state index contributed by atoms with van der Waals surface area (Å²) in [6, 6.07) is 16.4. The van der Waals surface area contributed by atoms with Gasteiger partial charge in [0, 0.05) is 11.8 Å². The summed E-state index contributed by atoms with van der Waals surface area (Å²) >= 11 is 0. The van der Waals surface area contributed by atoms with Crippen molar-refractivity contribution in [3.63, 3.8) is 0 Å². The molecule has 0 N–H and O–H groups in total. The number of alkyl halides is 3. The molecule has 4 nitrogen and oxygen atoms in total. The first-order valence-corrected chi connectivity index (χ1v) is 9.59. The Morgan fingerprint density at radius 1 is 1.00 bits per heavy atom. The van der Waals surface area contributed by atoms with Crippen molar-refractivity contribution in [3.8, 4) is 11.5 Å². The normalized spacial score (nSPS) is 15.6. The first kappa shape index (κ1) is 20.7. The van der Waals surface area contributed by atoms with E-state index in [9.17, 15) is 13.2 Å². The Morgan fingerprint density at radius 2 is 1.81 bits per heavy atom. The number of nitrogens with zero attached hydrogens (tertiary/aromatic N) is 2. The van der Waals surface area contributed by atoms with Crippen LogP contribution in [-0.2, 0) is 12.8 Å². The van der Waals surface area contributed by atoms with Gasteiger partial charge in [0.15, 0.2) is 0 Å². The second-order valence-electron chi connectivity index (χ2n) is 6.89.